The molecule has 3 aliphatic rings. The standard InChI is InChI=1S/C20H23F2N3O3/c1-20(27)9-15(26)8-13-10-24-18(17(13)20)12-4-6-25(7-5-12)14-2-3-16(23-11-14)28-19(21)22/h2-3,11-12,19,27H,4-10H2,1H3. The summed E-state index contributed by atoms with van der Waals surface area (Å²) in [5.74, 6) is 0.224. The van der Waals surface area contributed by atoms with Crippen molar-refractivity contribution in [1.29, 1.82) is 0 Å². The number of anilines is 1. The van der Waals surface area contributed by atoms with Crippen molar-refractivity contribution in [2.24, 2.45) is 10.9 Å². The van der Waals surface area contributed by atoms with Crippen LogP contribution in [-0.4, -0.2) is 53.4 Å². The number of carbonyl (C=O) groups is 1. The minimum Gasteiger partial charge on any atom is -0.417 e. The van der Waals surface area contributed by atoms with Gasteiger partial charge in [0.1, 0.15) is 5.78 Å². The second kappa shape index (κ2) is 7.24. The number of pyridine rings is 1. The third-order valence-electron chi connectivity index (χ3n) is 5.72. The molecule has 1 aliphatic carbocycles. The summed E-state index contributed by atoms with van der Waals surface area (Å²) in [5.41, 5.74) is 2.56. The summed E-state index contributed by atoms with van der Waals surface area (Å²) in [6.07, 6.45) is 3.84. The Morgan fingerprint density at radius 3 is 2.71 bits per heavy atom. The second-order valence-corrected chi connectivity index (χ2v) is 7.84. The quantitative estimate of drug-likeness (QED) is 0.854. The summed E-state index contributed by atoms with van der Waals surface area (Å²) in [5, 5.41) is 10.8. The number of aliphatic imine (C=N–C) groups is 1. The van der Waals surface area contributed by atoms with Crippen LogP contribution in [0.15, 0.2) is 34.5 Å². The lowest BCUT2D eigenvalue weighted by molar-refractivity contribution is -0.122. The zero-order chi connectivity index (χ0) is 19.9. The molecule has 0 saturated carbocycles. The van der Waals surface area contributed by atoms with Gasteiger partial charge in [-0.1, -0.05) is 0 Å². The molecule has 150 valence electrons. The molecular formula is C20H23F2N3O3. The average molecular weight is 391 g/mol. The van der Waals surface area contributed by atoms with Gasteiger partial charge >= 0.3 is 6.61 Å². The minimum absolute atomic E-state index is 0.0711. The molecular weight excluding hydrogens is 368 g/mol. The van der Waals surface area contributed by atoms with E-state index in [1.807, 2.05) is 0 Å². The molecule has 1 N–H and O–H groups in total. The van der Waals surface area contributed by atoms with Crippen LogP contribution in [0.4, 0.5) is 14.5 Å². The molecule has 28 heavy (non-hydrogen) atoms. The highest BCUT2D eigenvalue weighted by atomic mass is 19.3. The second-order valence-electron chi connectivity index (χ2n) is 7.84. The van der Waals surface area contributed by atoms with Gasteiger partial charge < -0.3 is 14.7 Å². The van der Waals surface area contributed by atoms with Crippen molar-refractivity contribution < 1.29 is 23.4 Å². The first kappa shape index (κ1) is 19.0. The molecule has 0 spiro atoms. The van der Waals surface area contributed by atoms with E-state index in [0.717, 1.165) is 48.5 Å². The lowest BCUT2D eigenvalue weighted by Gasteiger charge is -2.37. The molecule has 1 aromatic heterocycles. The summed E-state index contributed by atoms with van der Waals surface area (Å²) in [6.45, 7) is 0.911. The van der Waals surface area contributed by atoms with Crippen LogP contribution in [0.3, 0.4) is 0 Å². The topological polar surface area (TPSA) is 75.0 Å². The number of hydrogen-bond donors (Lipinski definition) is 1. The molecule has 1 saturated heterocycles. The average Bonchev–Trinajstić information content (AvgIpc) is 3.06. The summed E-state index contributed by atoms with van der Waals surface area (Å²) >= 11 is 0. The van der Waals surface area contributed by atoms with E-state index in [2.05, 4.69) is 19.6 Å². The summed E-state index contributed by atoms with van der Waals surface area (Å²) < 4.78 is 28.8. The van der Waals surface area contributed by atoms with Crippen LogP contribution in [0.25, 0.3) is 0 Å². The highest BCUT2D eigenvalue weighted by Gasteiger charge is 2.43. The molecule has 0 aromatic carbocycles. The van der Waals surface area contributed by atoms with Gasteiger partial charge in [0.05, 0.1) is 24.0 Å². The Hall–Kier alpha value is -2.35. The third-order valence-corrected chi connectivity index (χ3v) is 5.72. The van der Waals surface area contributed by atoms with Gasteiger partial charge in [-0.05, 0) is 31.4 Å². The normalized spacial score (nSPS) is 26.0. The zero-order valence-electron chi connectivity index (χ0n) is 15.7. The number of Topliss-reactive ketones (excluding diaryl/α,β-unsaturated/α-hetero) is 1. The summed E-state index contributed by atoms with van der Waals surface area (Å²) in [7, 11) is 0. The minimum atomic E-state index is -2.88. The molecule has 3 heterocycles. The Kier molecular flexibility index (Phi) is 4.91. The van der Waals surface area contributed by atoms with E-state index in [0.29, 0.717) is 13.0 Å². The van der Waals surface area contributed by atoms with Crippen molar-refractivity contribution in [3.8, 4) is 5.88 Å². The largest absolute Gasteiger partial charge is 0.417 e. The number of alkyl halides is 2. The Balaban J connectivity index is 1.41. The molecule has 1 atom stereocenters. The van der Waals surface area contributed by atoms with Gasteiger partial charge in [-0.25, -0.2) is 4.98 Å². The van der Waals surface area contributed by atoms with E-state index < -0.39 is 12.2 Å². The maximum atomic E-state index is 12.2. The Labute approximate surface area is 161 Å². The smallest absolute Gasteiger partial charge is 0.388 e. The van der Waals surface area contributed by atoms with Gasteiger partial charge in [0.2, 0.25) is 5.88 Å². The first-order valence-electron chi connectivity index (χ1n) is 9.50. The maximum absolute atomic E-state index is 12.2. The fourth-order valence-electron chi connectivity index (χ4n) is 4.56. The fraction of sp³-hybridized carbons (Fsp3) is 0.550. The molecule has 6 nitrogen and oxygen atoms in total. The number of carbonyl (C=O) groups excluding carboxylic acids is 1. The maximum Gasteiger partial charge on any atom is 0.388 e. The predicted octanol–water partition coefficient (Wildman–Crippen LogP) is 2.76. The molecule has 0 amide bonds. The van der Waals surface area contributed by atoms with Gasteiger partial charge in [0.15, 0.2) is 0 Å². The molecule has 0 bridgehead atoms. The monoisotopic (exact) mass is 391 g/mol. The third kappa shape index (κ3) is 3.65. The Morgan fingerprint density at radius 2 is 2.07 bits per heavy atom. The number of aliphatic hydroxyl groups is 1. The Morgan fingerprint density at radius 1 is 1.32 bits per heavy atom. The summed E-state index contributed by atoms with van der Waals surface area (Å²) in [6, 6.07) is 3.18. The van der Waals surface area contributed by atoms with Gasteiger partial charge in [-0.15, -0.1) is 0 Å². The lowest BCUT2D eigenvalue weighted by Crippen LogP contribution is -2.42. The van der Waals surface area contributed by atoms with E-state index in [4.69, 9.17) is 0 Å². The van der Waals surface area contributed by atoms with Crippen LogP contribution in [0.1, 0.15) is 32.6 Å². The zero-order valence-corrected chi connectivity index (χ0v) is 15.7. The van der Waals surface area contributed by atoms with Gasteiger partial charge in [-0.2, -0.15) is 8.78 Å². The number of rotatable bonds is 4. The number of piperidine rings is 1. The van der Waals surface area contributed by atoms with Crippen LogP contribution in [0, 0.1) is 5.92 Å². The van der Waals surface area contributed by atoms with Crippen molar-refractivity contribution in [3.63, 3.8) is 0 Å². The van der Waals surface area contributed by atoms with E-state index in [1.54, 1.807) is 19.2 Å². The highest BCUT2D eigenvalue weighted by molar-refractivity contribution is 6.08. The molecule has 1 fully saturated rings. The first-order valence-corrected chi connectivity index (χ1v) is 9.50. The van der Waals surface area contributed by atoms with Crippen LogP contribution in [0.2, 0.25) is 0 Å². The molecule has 2 aliphatic heterocycles. The molecule has 1 aromatic rings. The van der Waals surface area contributed by atoms with Crippen LogP contribution < -0.4 is 9.64 Å². The molecule has 4 rings (SSSR count). The van der Waals surface area contributed by atoms with Gasteiger partial charge in [0, 0.05) is 49.2 Å². The fourth-order valence-corrected chi connectivity index (χ4v) is 4.56. The molecule has 8 heteroatoms. The first-order chi connectivity index (χ1) is 13.3. The van der Waals surface area contributed by atoms with E-state index in [1.165, 1.54) is 6.07 Å². The molecule has 1 unspecified atom stereocenters. The number of nitrogens with zero attached hydrogens (tertiary/aromatic N) is 3. The number of hydrogen-bond acceptors (Lipinski definition) is 6. The van der Waals surface area contributed by atoms with Gasteiger partial charge in [-0.3, -0.25) is 9.79 Å². The van der Waals surface area contributed by atoms with E-state index in [9.17, 15) is 18.7 Å². The van der Waals surface area contributed by atoms with Crippen molar-refractivity contribution in [2.75, 3.05) is 24.5 Å². The highest BCUT2D eigenvalue weighted by Crippen LogP contribution is 2.40. The summed E-state index contributed by atoms with van der Waals surface area (Å²) in [4.78, 5) is 22.6. The Bertz CT molecular complexity index is 826. The van der Waals surface area contributed by atoms with Crippen molar-refractivity contribution in [3.05, 3.63) is 29.5 Å². The molecule has 0 radical (unpaired) electrons. The number of ketones is 1. The lowest BCUT2D eigenvalue weighted by atomic mass is 9.74. The van der Waals surface area contributed by atoms with Crippen molar-refractivity contribution in [1.82, 2.24) is 4.98 Å². The van der Waals surface area contributed by atoms with Crippen LogP contribution >= 0.6 is 0 Å². The number of aromatic nitrogens is 1. The van der Waals surface area contributed by atoms with Crippen LogP contribution in [0.5, 0.6) is 5.88 Å². The van der Waals surface area contributed by atoms with Crippen molar-refractivity contribution in [2.45, 2.75) is 44.8 Å². The van der Waals surface area contributed by atoms with E-state index >= 15 is 0 Å². The predicted molar refractivity (Wildman–Crippen MR) is 100.0 cm³/mol. The number of halogens is 2. The van der Waals surface area contributed by atoms with Crippen molar-refractivity contribution >= 4 is 17.2 Å². The van der Waals surface area contributed by atoms with E-state index in [-0.39, 0.29) is 24.0 Å². The number of ether oxygens (including phenoxy) is 1. The SMILES string of the molecule is CC1(O)CC(=O)CC2=C1C(C1CCN(c3ccc(OC(F)F)nc3)CC1)=NC2. The van der Waals surface area contributed by atoms with Gasteiger partial charge in [0.25, 0.3) is 0 Å². The van der Waals surface area contributed by atoms with Crippen LogP contribution in [-0.2, 0) is 4.79 Å².